The first-order chi connectivity index (χ1) is 12.6. The van der Waals surface area contributed by atoms with Gasteiger partial charge in [-0.2, -0.15) is 0 Å². The highest BCUT2D eigenvalue weighted by Gasteiger charge is 2.40. The minimum Gasteiger partial charge on any atom is -0.344 e. The van der Waals surface area contributed by atoms with Gasteiger partial charge in [0.25, 0.3) is 0 Å². The van der Waals surface area contributed by atoms with Crippen molar-refractivity contribution in [1.82, 2.24) is 9.97 Å². The molecule has 3 rings (SSSR count). The molecule has 2 aromatic rings. The Balaban J connectivity index is 1.85. The molecular weight excluding hydrogens is 328 g/mol. The standard InChI is InChI=1S/C21H20N2O3/c1-16-10-11-21(15-24,19(25)14-16)26-18(20-22-12-5-13-23-20)9-8-17-6-3-2-4-7-17/h2-7,10-15,18H,8-9H2,1H3. The number of ketones is 1. The van der Waals surface area contributed by atoms with E-state index >= 15 is 0 Å². The molecule has 1 aromatic heterocycles. The maximum Gasteiger partial charge on any atom is 0.204 e. The van der Waals surface area contributed by atoms with Crippen LogP contribution < -0.4 is 0 Å². The van der Waals surface area contributed by atoms with Crippen molar-refractivity contribution < 1.29 is 14.3 Å². The van der Waals surface area contributed by atoms with Crippen LogP contribution in [-0.4, -0.2) is 27.6 Å². The second-order valence-electron chi connectivity index (χ2n) is 6.23. The topological polar surface area (TPSA) is 69.2 Å². The van der Waals surface area contributed by atoms with E-state index in [4.69, 9.17) is 4.74 Å². The van der Waals surface area contributed by atoms with Gasteiger partial charge in [-0.1, -0.05) is 36.4 Å². The average molecular weight is 348 g/mol. The van der Waals surface area contributed by atoms with Crippen LogP contribution in [0.5, 0.6) is 0 Å². The molecule has 5 nitrogen and oxygen atoms in total. The molecule has 0 spiro atoms. The van der Waals surface area contributed by atoms with Crippen molar-refractivity contribution in [3.05, 3.63) is 84.0 Å². The Morgan fingerprint density at radius 2 is 1.88 bits per heavy atom. The Hall–Kier alpha value is -2.92. The summed E-state index contributed by atoms with van der Waals surface area (Å²) in [6.45, 7) is 1.80. The Kier molecular flexibility index (Phi) is 5.49. The monoisotopic (exact) mass is 348 g/mol. The Morgan fingerprint density at radius 1 is 1.15 bits per heavy atom. The summed E-state index contributed by atoms with van der Waals surface area (Å²) in [5, 5.41) is 0. The van der Waals surface area contributed by atoms with E-state index in [0.29, 0.717) is 25.0 Å². The molecule has 0 amide bonds. The number of aromatic nitrogens is 2. The number of benzene rings is 1. The Bertz CT molecular complexity index is 831. The van der Waals surface area contributed by atoms with Crippen LogP contribution in [0.3, 0.4) is 0 Å². The molecule has 0 saturated carbocycles. The highest BCUT2D eigenvalue weighted by atomic mass is 16.5. The predicted octanol–water partition coefficient (Wildman–Crippen LogP) is 3.19. The maximum absolute atomic E-state index is 12.5. The number of aldehydes is 1. The molecule has 0 radical (unpaired) electrons. The van der Waals surface area contributed by atoms with Gasteiger partial charge in [0.1, 0.15) is 6.10 Å². The first kappa shape index (κ1) is 17.9. The van der Waals surface area contributed by atoms with Crippen LogP contribution in [0.25, 0.3) is 0 Å². The molecule has 1 heterocycles. The van der Waals surface area contributed by atoms with Crippen LogP contribution >= 0.6 is 0 Å². The smallest absolute Gasteiger partial charge is 0.204 e. The third-order valence-corrected chi connectivity index (χ3v) is 4.26. The van der Waals surface area contributed by atoms with Crippen LogP contribution in [0.2, 0.25) is 0 Å². The number of carbonyl (C=O) groups excluding carboxylic acids is 2. The van der Waals surface area contributed by atoms with Gasteiger partial charge < -0.3 is 4.74 Å². The minimum atomic E-state index is -1.62. The first-order valence-corrected chi connectivity index (χ1v) is 8.50. The Labute approximate surface area is 152 Å². The quantitative estimate of drug-likeness (QED) is 0.568. The second-order valence-corrected chi connectivity index (χ2v) is 6.23. The average Bonchev–Trinajstić information content (AvgIpc) is 2.68. The number of ether oxygens (including phenoxy) is 1. The zero-order valence-electron chi connectivity index (χ0n) is 14.5. The lowest BCUT2D eigenvalue weighted by Crippen LogP contribution is -2.43. The van der Waals surface area contributed by atoms with Crippen molar-refractivity contribution in [2.75, 3.05) is 0 Å². The van der Waals surface area contributed by atoms with E-state index in [9.17, 15) is 9.59 Å². The summed E-state index contributed by atoms with van der Waals surface area (Å²) in [5.74, 6) is 0.0743. The van der Waals surface area contributed by atoms with Crippen LogP contribution in [-0.2, 0) is 20.7 Å². The molecule has 26 heavy (non-hydrogen) atoms. The third-order valence-electron chi connectivity index (χ3n) is 4.26. The second kappa shape index (κ2) is 7.97. The summed E-state index contributed by atoms with van der Waals surface area (Å²) in [6, 6.07) is 11.7. The van der Waals surface area contributed by atoms with E-state index in [0.717, 1.165) is 11.1 Å². The summed E-state index contributed by atoms with van der Waals surface area (Å²) in [4.78, 5) is 32.8. The number of allylic oxidation sites excluding steroid dienone is 2. The summed E-state index contributed by atoms with van der Waals surface area (Å²) in [6.07, 6.45) is 9.13. The van der Waals surface area contributed by atoms with Gasteiger partial charge in [-0.25, -0.2) is 9.97 Å². The summed E-state index contributed by atoms with van der Waals surface area (Å²) >= 11 is 0. The van der Waals surface area contributed by atoms with E-state index in [-0.39, 0.29) is 5.78 Å². The zero-order chi connectivity index (χ0) is 18.4. The number of rotatable bonds is 7. The molecule has 0 aliphatic heterocycles. The minimum absolute atomic E-state index is 0.381. The lowest BCUT2D eigenvalue weighted by atomic mass is 9.91. The molecule has 1 aliphatic rings. The molecule has 0 bridgehead atoms. The molecule has 0 saturated heterocycles. The van der Waals surface area contributed by atoms with E-state index in [1.54, 1.807) is 31.5 Å². The molecule has 2 unspecified atom stereocenters. The lowest BCUT2D eigenvalue weighted by molar-refractivity contribution is -0.149. The SMILES string of the molecule is CC1=CC(=O)C(C=O)(OC(CCc2ccccc2)c2ncccn2)C=C1. The van der Waals surface area contributed by atoms with Gasteiger partial charge in [-0.3, -0.25) is 9.59 Å². The third kappa shape index (κ3) is 4.00. The largest absolute Gasteiger partial charge is 0.344 e. The normalized spacial score (nSPS) is 20.5. The molecule has 1 aromatic carbocycles. The maximum atomic E-state index is 12.5. The van der Waals surface area contributed by atoms with E-state index in [1.807, 2.05) is 30.3 Å². The molecule has 132 valence electrons. The zero-order valence-corrected chi connectivity index (χ0v) is 14.5. The molecule has 0 N–H and O–H groups in total. The Morgan fingerprint density at radius 3 is 2.54 bits per heavy atom. The van der Waals surface area contributed by atoms with Crippen molar-refractivity contribution in [1.29, 1.82) is 0 Å². The highest BCUT2D eigenvalue weighted by molar-refractivity contribution is 6.11. The number of carbonyl (C=O) groups is 2. The highest BCUT2D eigenvalue weighted by Crippen LogP contribution is 2.30. The number of aryl methyl sites for hydroxylation is 1. The molecular formula is C21H20N2O3. The fraction of sp³-hybridized carbons (Fsp3) is 0.238. The summed E-state index contributed by atoms with van der Waals surface area (Å²) < 4.78 is 6.02. The molecule has 0 fully saturated rings. The van der Waals surface area contributed by atoms with Gasteiger partial charge in [0.2, 0.25) is 5.60 Å². The van der Waals surface area contributed by atoms with Gasteiger partial charge in [-0.05, 0) is 49.1 Å². The first-order valence-electron chi connectivity index (χ1n) is 8.50. The van der Waals surface area contributed by atoms with Gasteiger partial charge in [0.05, 0.1) is 0 Å². The fourth-order valence-corrected chi connectivity index (χ4v) is 2.82. The lowest BCUT2D eigenvalue weighted by Gasteiger charge is -2.29. The van der Waals surface area contributed by atoms with Gasteiger partial charge in [-0.15, -0.1) is 0 Å². The number of hydrogen-bond donors (Lipinski definition) is 0. The van der Waals surface area contributed by atoms with Gasteiger partial charge in [0, 0.05) is 12.4 Å². The van der Waals surface area contributed by atoms with Crippen LogP contribution in [0.4, 0.5) is 0 Å². The van der Waals surface area contributed by atoms with Crippen molar-refractivity contribution >= 4 is 12.1 Å². The summed E-state index contributed by atoms with van der Waals surface area (Å²) in [7, 11) is 0. The molecule has 5 heteroatoms. The number of nitrogens with zero attached hydrogens (tertiary/aromatic N) is 2. The van der Waals surface area contributed by atoms with E-state index in [1.165, 1.54) is 12.2 Å². The molecule has 2 atom stereocenters. The molecule has 1 aliphatic carbocycles. The van der Waals surface area contributed by atoms with Crippen molar-refractivity contribution in [2.45, 2.75) is 31.5 Å². The number of hydrogen-bond acceptors (Lipinski definition) is 5. The fourth-order valence-electron chi connectivity index (χ4n) is 2.82. The van der Waals surface area contributed by atoms with Crippen LogP contribution in [0.1, 0.15) is 30.8 Å². The predicted molar refractivity (Wildman–Crippen MR) is 97.3 cm³/mol. The van der Waals surface area contributed by atoms with Crippen molar-refractivity contribution in [3.63, 3.8) is 0 Å². The van der Waals surface area contributed by atoms with E-state index in [2.05, 4.69) is 9.97 Å². The van der Waals surface area contributed by atoms with Crippen molar-refractivity contribution in [3.8, 4) is 0 Å². The summed E-state index contributed by atoms with van der Waals surface area (Å²) in [5.41, 5.74) is 0.298. The van der Waals surface area contributed by atoms with Gasteiger partial charge >= 0.3 is 0 Å². The van der Waals surface area contributed by atoms with Crippen molar-refractivity contribution in [2.24, 2.45) is 0 Å². The van der Waals surface area contributed by atoms with Crippen LogP contribution in [0.15, 0.2) is 72.6 Å². The van der Waals surface area contributed by atoms with E-state index < -0.39 is 11.7 Å². The van der Waals surface area contributed by atoms with Crippen LogP contribution in [0, 0.1) is 0 Å². The van der Waals surface area contributed by atoms with Gasteiger partial charge in [0.15, 0.2) is 17.9 Å².